The van der Waals surface area contributed by atoms with E-state index < -0.39 is 0 Å². The van der Waals surface area contributed by atoms with Crippen LogP contribution in [-0.4, -0.2) is 18.0 Å². The molecular weight excluding hydrogens is 254 g/mol. The summed E-state index contributed by atoms with van der Waals surface area (Å²) in [6.45, 7) is 4.86. The molecule has 1 nitrogen and oxygen atoms in total. The van der Waals surface area contributed by atoms with E-state index >= 15 is 0 Å². The number of benzene rings is 2. The van der Waals surface area contributed by atoms with Crippen LogP contribution in [0.25, 0.3) is 0 Å². The van der Waals surface area contributed by atoms with Crippen molar-refractivity contribution in [3.8, 4) is 0 Å². The summed E-state index contributed by atoms with van der Waals surface area (Å²) < 4.78 is 0. The highest BCUT2D eigenvalue weighted by atomic mass is 15.2. The van der Waals surface area contributed by atoms with Gasteiger partial charge in [0.15, 0.2) is 0 Å². The van der Waals surface area contributed by atoms with Crippen molar-refractivity contribution >= 4 is 0 Å². The van der Waals surface area contributed by atoms with Crippen LogP contribution in [0.3, 0.4) is 0 Å². The van der Waals surface area contributed by atoms with Crippen molar-refractivity contribution < 1.29 is 0 Å². The molecule has 2 aromatic carbocycles. The van der Waals surface area contributed by atoms with E-state index in [1.807, 2.05) is 0 Å². The zero-order valence-corrected chi connectivity index (χ0v) is 12.8. The third-order valence-corrected chi connectivity index (χ3v) is 5.56. The molecule has 0 bridgehead atoms. The third kappa shape index (κ3) is 2.03. The maximum absolute atomic E-state index is 2.73. The van der Waals surface area contributed by atoms with Gasteiger partial charge in [-0.25, -0.2) is 0 Å². The Morgan fingerprint density at radius 2 is 1.71 bits per heavy atom. The number of hydrogen-bond acceptors (Lipinski definition) is 1. The van der Waals surface area contributed by atoms with Gasteiger partial charge in [0, 0.05) is 18.0 Å². The van der Waals surface area contributed by atoms with E-state index in [0.29, 0.717) is 5.92 Å². The van der Waals surface area contributed by atoms with Crippen LogP contribution in [0.15, 0.2) is 54.6 Å². The molecule has 1 saturated heterocycles. The van der Waals surface area contributed by atoms with E-state index in [1.54, 1.807) is 11.1 Å². The molecule has 0 spiro atoms. The maximum Gasteiger partial charge on any atom is 0.0435 e. The van der Waals surface area contributed by atoms with Crippen LogP contribution < -0.4 is 0 Å². The number of fused-ring (bicyclic) bond motifs is 3. The molecule has 0 aliphatic carbocycles. The molecule has 2 aromatic rings. The minimum absolute atomic E-state index is 0.250. The first-order valence-electron chi connectivity index (χ1n) is 8.18. The molecule has 0 aromatic heterocycles. The SMILES string of the molecule is C[C@@]12CCCCN1C[C@@H](c1ccccc1)c1ccccc12. The van der Waals surface area contributed by atoms with Crippen LogP contribution in [0.5, 0.6) is 0 Å². The Hall–Kier alpha value is -1.60. The van der Waals surface area contributed by atoms with Crippen molar-refractivity contribution in [3.05, 3.63) is 71.3 Å². The fraction of sp³-hybridized carbons (Fsp3) is 0.400. The summed E-state index contributed by atoms with van der Waals surface area (Å²) in [5.41, 5.74) is 4.81. The summed E-state index contributed by atoms with van der Waals surface area (Å²) in [4.78, 5) is 2.73. The topological polar surface area (TPSA) is 3.24 Å². The second-order valence-electron chi connectivity index (χ2n) is 6.73. The minimum atomic E-state index is 0.250. The summed E-state index contributed by atoms with van der Waals surface area (Å²) in [6, 6.07) is 20.2. The predicted molar refractivity (Wildman–Crippen MR) is 87.5 cm³/mol. The first kappa shape index (κ1) is 13.1. The molecule has 1 heteroatoms. The van der Waals surface area contributed by atoms with Gasteiger partial charge in [-0.05, 0) is 43.0 Å². The molecule has 4 rings (SSSR count). The van der Waals surface area contributed by atoms with Gasteiger partial charge in [0.25, 0.3) is 0 Å². The van der Waals surface area contributed by atoms with Crippen LogP contribution in [0, 0.1) is 0 Å². The van der Waals surface area contributed by atoms with Gasteiger partial charge in [-0.3, -0.25) is 4.90 Å². The zero-order chi connectivity index (χ0) is 14.3. The first-order chi connectivity index (χ1) is 10.3. The lowest BCUT2D eigenvalue weighted by Gasteiger charge is -2.51. The molecule has 0 amide bonds. The Morgan fingerprint density at radius 1 is 0.952 bits per heavy atom. The Labute approximate surface area is 127 Å². The van der Waals surface area contributed by atoms with Crippen molar-refractivity contribution in [2.45, 2.75) is 37.6 Å². The van der Waals surface area contributed by atoms with Crippen molar-refractivity contribution in [2.24, 2.45) is 0 Å². The summed E-state index contributed by atoms with van der Waals surface area (Å²) >= 11 is 0. The van der Waals surface area contributed by atoms with Gasteiger partial charge in [0.05, 0.1) is 0 Å². The highest BCUT2D eigenvalue weighted by molar-refractivity contribution is 5.44. The van der Waals surface area contributed by atoms with Crippen LogP contribution in [0.4, 0.5) is 0 Å². The van der Waals surface area contributed by atoms with Crippen molar-refractivity contribution in [2.75, 3.05) is 13.1 Å². The summed E-state index contributed by atoms with van der Waals surface area (Å²) in [7, 11) is 0. The standard InChI is InChI=1S/C20H23N/c1-20-13-7-8-14-21(20)15-18(16-9-3-2-4-10-16)17-11-5-6-12-19(17)20/h2-6,9-12,18H,7-8,13-15H2,1H3/t18-,20-/m0/s1. The van der Waals surface area contributed by atoms with Gasteiger partial charge >= 0.3 is 0 Å². The monoisotopic (exact) mass is 277 g/mol. The lowest BCUT2D eigenvalue weighted by atomic mass is 9.72. The van der Waals surface area contributed by atoms with Crippen LogP contribution in [-0.2, 0) is 5.54 Å². The van der Waals surface area contributed by atoms with Crippen LogP contribution >= 0.6 is 0 Å². The molecule has 0 unspecified atom stereocenters. The van der Waals surface area contributed by atoms with Gasteiger partial charge in [-0.2, -0.15) is 0 Å². The van der Waals surface area contributed by atoms with E-state index in [4.69, 9.17) is 0 Å². The summed E-state index contributed by atoms with van der Waals surface area (Å²) in [6.07, 6.45) is 4.00. The Kier molecular flexibility index (Phi) is 3.11. The number of piperidine rings is 1. The molecular formula is C20H23N. The smallest absolute Gasteiger partial charge is 0.0435 e. The molecule has 0 saturated carbocycles. The molecule has 2 atom stereocenters. The van der Waals surface area contributed by atoms with Gasteiger partial charge in [-0.1, -0.05) is 61.0 Å². The van der Waals surface area contributed by atoms with E-state index in [2.05, 4.69) is 66.4 Å². The zero-order valence-electron chi connectivity index (χ0n) is 12.8. The molecule has 2 aliphatic rings. The summed E-state index contributed by atoms with van der Waals surface area (Å²) in [5.74, 6) is 0.522. The predicted octanol–water partition coefficient (Wildman–Crippen LogP) is 4.53. The van der Waals surface area contributed by atoms with Crippen molar-refractivity contribution in [1.82, 2.24) is 4.90 Å². The third-order valence-electron chi connectivity index (χ3n) is 5.56. The molecule has 21 heavy (non-hydrogen) atoms. The van der Waals surface area contributed by atoms with Crippen molar-refractivity contribution in [3.63, 3.8) is 0 Å². The normalized spacial score (nSPS) is 28.7. The lowest BCUT2D eigenvalue weighted by molar-refractivity contribution is 0.0434. The fourth-order valence-electron chi connectivity index (χ4n) is 4.35. The van der Waals surface area contributed by atoms with E-state index in [1.165, 1.54) is 31.4 Å². The average Bonchev–Trinajstić information content (AvgIpc) is 2.55. The van der Waals surface area contributed by atoms with Gasteiger partial charge in [-0.15, -0.1) is 0 Å². The lowest BCUT2D eigenvalue weighted by Crippen LogP contribution is -2.52. The van der Waals surface area contributed by atoms with Crippen molar-refractivity contribution in [1.29, 1.82) is 0 Å². The first-order valence-corrected chi connectivity index (χ1v) is 8.18. The second kappa shape index (κ2) is 4.99. The maximum atomic E-state index is 2.73. The number of nitrogens with zero attached hydrogens (tertiary/aromatic N) is 1. The average molecular weight is 277 g/mol. The Bertz CT molecular complexity index is 633. The van der Waals surface area contributed by atoms with E-state index in [0.717, 1.165) is 6.54 Å². The quantitative estimate of drug-likeness (QED) is 0.740. The van der Waals surface area contributed by atoms with Crippen LogP contribution in [0.1, 0.15) is 48.8 Å². The molecule has 2 heterocycles. The fourth-order valence-corrected chi connectivity index (χ4v) is 4.35. The number of hydrogen-bond donors (Lipinski definition) is 0. The highest BCUT2D eigenvalue weighted by Gasteiger charge is 2.43. The van der Waals surface area contributed by atoms with Gasteiger partial charge < -0.3 is 0 Å². The minimum Gasteiger partial charge on any atom is -0.293 e. The van der Waals surface area contributed by atoms with E-state index in [-0.39, 0.29) is 5.54 Å². The molecule has 0 N–H and O–H groups in total. The van der Waals surface area contributed by atoms with Gasteiger partial charge in [0.1, 0.15) is 0 Å². The largest absolute Gasteiger partial charge is 0.293 e. The van der Waals surface area contributed by atoms with Crippen LogP contribution in [0.2, 0.25) is 0 Å². The Balaban J connectivity index is 1.86. The van der Waals surface area contributed by atoms with E-state index in [9.17, 15) is 0 Å². The molecule has 0 radical (unpaired) electrons. The molecule has 2 aliphatic heterocycles. The highest BCUT2D eigenvalue weighted by Crippen LogP contribution is 2.46. The second-order valence-corrected chi connectivity index (χ2v) is 6.73. The Morgan fingerprint density at radius 3 is 2.57 bits per heavy atom. The molecule has 1 fully saturated rings. The molecule has 108 valence electrons. The summed E-state index contributed by atoms with van der Waals surface area (Å²) in [5, 5.41) is 0. The van der Waals surface area contributed by atoms with Gasteiger partial charge in [0.2, 0.25) is 0 Å². The number of rotatable bonds is 1.